The molecule has 0 N–H and O–H groups in total. The molecule has 0 radical (unpaired) electrons. The number of nitrogens with zero attached hydrogens (tertiary/aromatic N) is 2. The summed E-state index contributed by atoms with van der Waals surface area (Å²) in [6.07, 6.45) is -0.309. The summed E-state index contributed by atoms with van der Waals surface area (Å²) in [6.45, 7) is 9.54. The summed E-state index contributed by atoms with van der Waals surface area (Å²) in [4.78, 5) is 16.2. The van der Waals surface area contributed by atoms with Crippen LogP contribution in [-0.2, 0) is 10.5 Å². The lowest BCUT2D eigenvalue weighted by Crippen LogP contribution is -2.50. The van der Waals surface area contributed by atoms with E-state index in [9.17, 15) is 9.18 Å². The normalized spacial score (nSPS) is 20.7. The van der Waals surface area contributed by atoms with Gasteiger partial charge in [0.1, 0.15) is 11.4 Å². The highest BCUT2D eigenvalue weighted by Crippen LogP contribution is 2.49. The molecule has 2 heterocycles. The standard InChI is InChI=1S/C23H26ClFN2O4/c1-22(2,3)31-21(28)27-12-10-26(11-13-27)18-6-5-7-19-20(18)30-23(4,29-19)16-9-8-15(24)14-17(16)25/h5-9,14H,10-13H2,1-4H3/t23-/m1/s1. The number of hydrogen-bond donors (Lipinski definition) is 0. The fourth-order valence-corrected chi connectivity index (χ4v) is 3.94. The van der Waals surface area contributed by atoms with Crippen molar-refractivity contribution in [3.8, 4) is 11.5 Å². The van der Waals surface area contributed by atoms with Crippen molar-refractivity contribution >= 4 is 23.4 Å². The van der Waals surface area contributed by atoms with Gasteiger partial charge in [-0.05, 0) is 51.1 Å². The van der Waals surface area contributed by atoms with E-state index < -0.39 is 17.2 Å². The maximum atomic E-state index is 14.6. The van der Waals surface area contributed by atoms with Gasteiger partial charge in [0.25, 0.3) is 5.79 Å². The van der Waals surface area contributed by atoms with Crippen molar-refractivity contribution in [2.75, 3.05) is 31.1 Å². The summed E-state index contributed by atoms with van der Waals surface area (Å²) in [7, 11) is 0. The molecule has 2 aliphatic heterocycles. The molecule has 2 aliphatic rings. The van der Waals surface area contributed by atoms with Gasteiger partial charge in [-0.1, -0.05) is 17.7 Å². The lowest BCUT2D eigenvalue weighted by atomic mass is 10.1. The average molecular weight is 449 g/mol. The Morgan fingerprint density at radius 3 is 2.48 bits per heavy atom. The molecule has 0 aliphatic carbocycles. The van der Waals surface area contributed by atoms with E-state index in [-0.39, 0.29) is 11.7 Å². The number of ether oxygens (including phenoxy) is 3. The van der Waals surface area contributed by atoms with Gasteiger partial charge in [-0.25, -0.2) is 9.18 Å². The zero-order valence-electron chi connectivity index (χ0n) is 18.1. The molecule has 0 saturated carbocycles. The number of benzene rings is 2. The first kappa shape index (κ1) is 21.6. The lowest BCUT2D eigenvalue weighted by Gasteiger charge is -2.37. The highest BCUT2D eigenvalue weighted by molar-refractivity contribution is 6.30. The monoisotopic (exact) mass is 448 g/mol. The van der Waals surface area contributed by atoms with Crippen molar-refractivity contribution in [2.24, 2.45) is 0 Å². The van der Waals surface area contributed by atoms with E-state index in [1.807, 2.05) is 32.9 Å². The molecule has 0 aromatic heterocycles. The zero-order chi connectivity index (χ0) is 22.4. The van der Waals surface area contributed by atoms with Crippen LogP contribution in [0.2, 0.25) is 5.02 Å². The summed E-state index contributed by atoms with van der Waals surface area (Å²) in [6, 6.07) is 10.0. The van der Waals surface area contributed by atoms with Crippen LogP contribution in [0.1, 0.15) is 33.3 Å². The van der Waals surface area contributed by atoms with E-state index in [2.05, 4.69) is 4.90 Å². The minimum absolute atomic E-state index is 0.272. The summed E-state index contributed by atoms with van der Waals surface area (Å²) < 4.78 is 32.2. The number of piperazine rings is 1. The average Bonchev–Trinajstić information content (AvgIpc) is 3.03. The van der Waals surface area contributed by atoms with Crippen LogP contribution in [0.15, 0.2) is 36.4 Å². The predicted octanol–water partition coefficient (Wildman–Crippen LogP) is 5.18. The lowest BCUT2D eigenvalue weighted by molar-refractivity contribution is -0.0705. The third-order valence-corrected chi connectivity index (χ3v) is 5.49. The summed E-state index contributed by atoms with van der Waals surface area (Å²) in [5, 5.41) is 0.309. The molecule has 6 nitrogen and oxygen atoms in total. The molecule has 1 amide bonds. The molecular formula is C23H26ClFN2O4. The van der Waals surface area contributed by atoms with Crippen molar-refractivity contribution in [1.82, 2.24) is 4.90 Å². The quantitative estimate of drug-likeness (QED) is 0.633. The minimum Gasteiger partial charge on any atom is -0.444 e. The van der Waals surface area contributed by atoms with Gasteiger partial charge < -0.3 is 24.0 Å². The maximum Gasteiger partial charge on any atom is 0.410 e. The Labute approximate surface area is 186 Å². The number of hydrogen-bond acceptors (Lipinski definition) is 5. The van der Waals surface area contributed by atoms with E-state index in [0.29, 0.717) is 42.7 Å². The Morgan fingerprint density at radius 2 is 1.84 bits per heavy atom. The van der Waals surface area contributed by atoms with E-state index in [1.54, 1.807) is 30.0 Å². The van der Waals surface area contributed by atoms with E-state index in [0.717, 1.165) is 5.69 Å². The Balaban J connectivity index is 1.51. The second-order valence-corrected chi connectivity index (χ2v) is 9.27. The van der Waals surface area contributed by atoms with Gasteiger partial charge >= 0.3 is 6.09 Å². The van der Waals surface area contributed by atoms with Crippen LogP contribution in [0.25, 0.3) is 0 Å². The third-order valence-electron chi connectivity index (χ3n) is 5.25. The molecule has 2 aromatic rings. The Bertz CT molecular complexity index is 1000. The van der Waals surface area contributed by atoms with Crippen molar-refractivity contribution < 1.29 is 23.4 Å². The molecule has 0 unspecified atom stereocenters. The number of para-hydroxylation sites is 1. The molecule has 31 heavy (non-hydrogen) atoms. The van der Waals surface area contributed by atoms with Gasteiger partial charge in [0, 0.05) is 38.1 Å². The molecule has 0 bridgehead atoms. The van der Waals surface area contributed by atoms with E-state index >= 15 is 0 Å². The van der Waals surface area contributed by atoms with Crippen molar-refractivity contribution in [2.45, 2.75) is 39.1 Å². The van der Waals surface area contributed by atoms with Crippen LogP contribution in [0.4, 0.5) is 14.9 Å². The number of rotatable bonds is 2. The van der Waals surface area contributed by atoms with Gasteiger partial charge in [0.15, 0.2) is 11.5 Å². The van der Waals surface area contributed by atoms with Gasteiger partial charge in [0.2, 0.25) is 0 Å². The van der Waals surface area contributed by atoms with E-state index in [1.165, 1.54) is 6.07 Å². The summed E-state index contributed by atoms with van der Waals surface area (Å²) >= 11 is 5.89. The summed E-state index contributed by atoms with van der Waals surface area (Å²) in [5.74, 6) is -0.685. The molecule has 0 spiro atoms. The van der Waals surface area contributed by atoms with Crippen LogP contribution in [0.3, 0.4) is 0 Å². The van der Waals surface area contributed by atoms with Gasteiger partial charge in [-0.3, -0.25) is 0 Å². The van der Waals surface area contributed by atoms with Crippen LogP contribution in [0, 0.1) is 5.82 Å². The molecular weight excluding hydrogens is 423 g/mol. The molecule has 2 aromatic carbocycles. The fourth-order valence-electron chi connectivity index (χ4n) is 3.79. The summed E-state index contributed by atoms with van der Waals surface area (Å²) in [5.41, 5.74) is 0.592. The molecule has 8 heteroatoms. The second-order valence-electron chi connectivity index (χ2n) is 8.83. The zero-order valence-corrected chi connectivity index (χ0v) is 18.8. The first-order valence-electron chi connectivity index (χ1n) is 10.3. The Kier molecular flexibility index (Phi) is 5.41. The van der Waals surface area contributed by atoms with Gasteiger partial charge in [-0.2, -0.15) is 0 Å². The van der Waals surface area contributed by atoms with Crippen LogP contribution >= 0.6 is 11.6 Å². The molecule has 1 atom stereocenters. The smallest absolute Gasteiger partial charge is 0.410 e. The fraction of sp³-hybridized carbons (Fsp3) is 0.435. The SMILES string of the molecule is CC(C)(C)OC(=O)N1CCN(c2cccc3c2O[C@](C)(c2ccc(Cl)cc2F)O3)CC1. The first-order valence-corrected chi connectivity index (χ1v) is 10.6. The molecule has 1 fully saturated rings. The largest absolute Gasteiger partial charge is 0.444 e. The molecule has 1 saturated heterocycles. The first-order chi connectivity index (χ1) is 14.6. The predicted molar refractivity (Wildman–Crippen MR) is 116 cm³/mol. The Hall–Kier alpha value is -2.67. The number of anilines is 1. The van der Waals surface area contributed by atoms with Crippen LogP contribution < -0.4 is 14.4 Å². The van der Waals surface area contributed by atoms with Crippen molar-refractivity contribution in [3.63, 3.8) is 0 Å². The molecule has 4 rings (SSSR count). The number of fused-ring (bicyclic) bond motifs is 1. The van der Waals surface area contributed by atoms with Gasteiger partial charge in [0.05, 0.1) is 11.3 Å². The van der Waals surface area contributed by atoms with Crippen LogP contribution in [0.5, 0.6) is 11.5 Å². The number of halogens is 2. The van der Waals surface area contributed by atoms with Crippen molar-refractivity contribution in [1.29, 1.82) is 0 Å². The second kappa shape index (κ2) is 7.79. The number of carbonyl (C=O) groups is 1. The van der Waals surface area contributed by atoms with Crippen LogP contribution in [-0.4, -0.2) is 42.8 Å². The molecule has 166 valence electrons. The van der Waals surface area contributed by atoms with Gasteiger partial charge in [-0.15, -0.1) is 0 Å². The maximum absolute atomic E-state index is 14.6. The highest BCUT2D eigenvalue weighted by Gasteiger charge is 2.43. The van der Waals surface area contributed by atoms with Crippen molar-refractivity contribution in [3.05, 3.63) is 52.8 Å². The third kappa shape index (κ3) is 4.37. The van der Waals surface area contributed by atoms with E-state index in [4.69, 9.17) is 25.8 Å². The highest BCUT2D eigenvalue weighted by atomic mass is 35.5. The minimum atomic E-state index is -1.30. The Morgan fingerprint density at radius 1 is 1.13 bits per heavy atom. The topological polar surface area (TPSA) is 51.2 Å². The number of carbonyl (C=O) groups excluding carboxylic acids is 1. The number of amides is 1.